The lowest BCUT2D eigenvalue weighted by Gasteiger charge is -2.46. The number of carbonyl (C=O) groups excluding carboxylic acids is 1. The van der Waals surface area contributed by atoms with E-state index in [-0.39, 0.29) is 12.0 Å². The van der Waals surface area contributed by atoms with Gasteiger partial charge in [-0.05, 0) is 51.4 Å². The molecule has 3 fully saturated rings. The van der Waals surface area contributed by atoms with Crippen LogP contribution in [-0.4, -0.2) is 65.2 Å². The first-order valence-electron chi connectivity index (χ1n) is 9.42. The highest BCUT2D eigenvalue weighted by Gasteiger charge is 2.42. The number of aliphatic hydroxyl groups is 1. The van der Waals surface area contributed by atoms with E-state index in [1.54, 1.807) is 0 Å². The SMILES string of the molecule is CC(O)CN1CCN(C(=O)C2CC3CCCC(C2)C3N)CC1C. The van der Waals surface area contributed by atoms with Gasteiger partial charge in [-0.25, -0.2) is 0 Å². The number of carbonyl (C=O) groups is 1. The maximum Gasteiger partial charge on any atom is 0.225 e. The lowest BCUT2D eigenvalue weighted by molar-refractivity contribution is -0.141. The summed E-state index contributed by atoms with van der Waals surface area (Å²) in [7, 11) is 0. The van der Waals surface area contributed by atoms with Crippen LogP contribution in [0.5, 0.6) is 0 Å². The van der Waals surface area contributed by atoms with Crippen molar-refractivity contribution < 1.29 is 9.90 Å². The molecule has 0 spiro atoms. The Balaban J connectivity index is 1.57. The third-order valence-corrected chi connectivity index (χ3v) is 6.34. The summed E-state index contributed by atoms with van der Waals surface area (Å²) in [4.78, 5) is 17.3. The molecule has 1 aliphatic heterocycles. The lowest BCUT2D eigenvalue weighted by Crippen LogP contribution is -2.57. The number of hydrogen-bond acceptors (Lipinski definition) is 4. The number of hydrogen-bond donors (Lipinski definition) is 2. The second kappa shape index (κ2) is 7.08. The quantitative estimate of drug-likeness (QED) is 0.815. The number of nitrogens with zero attached hydrogens (tertiary/aromatic N) is 2. The Morgan fingerprint density at radius 1 is 1.26 bits per heavy atom. The van der Waals surface area contributed by atoms with Crippen LogP contribution >= 0.6 is 0 Å². The first-order chi connectivity index (χ1) is 11.0. The van der Waals surface area contributed by atoms with Gasteiger partial charge in [0.2, 0.25) is 5.91 Å². The maximum absolute atomic E-state index is 13.0. The number of rotatable bonds is 3. The number of aliphatic hydroxyl groups excluding tert-OH is 1. The predicted molar refractivity (Wildman–Crippen MR) is 90.8 cm³/mol. The Hall–Kier alpha value is -0.650. The van der Waals surface area contributed by atoms with Gasteiger partial charge in [-0.2, -0.15) is 0 Å². The summed E-state index contributed by atoms with van der Waals surface area (Å²) in [6.45, 7) is 7.15. The molecule has 4 unspecified atom stereocenters. The number of nitrogens with two attached hydrogens (primary N) is 1. The Morgan fingerprint density at radius 3 is 2.48 bits per heavy atom. The zero-order valence-electron chi connectivity index (χ0n) is 14.7. The summed E-state index contributed by atoms with van der Waals surface area (Å²) in [5.41, 5.74) is 6.36. The van der Waals surface area contributed by atoms with Gasteiger partial charge in [-0.1, -0.05) is 6.42 Å². The van der Waals surface area contributed by atoms with Crippen molar-refractivity contribution in [3.63, 3.8) is 0 Å². The molecule has 2 bridgehead atoms. The van der Waals surface area contributed by atoms with Gasteiger partial charge < -0.3 is 15.7 Å². The summed E-state index contributed by atoms with van der Waals surface area (Å²) in [6, 6.07) is 0.655. The Morgan fingerprint density at radius 2 is 1.91 bits per heavy atom. The third-order valence-electron chi connectivity index (χ3n) is 6.34. The van der Waals surface area contributed by atoms with Crippen molar-refractivity contribution in [2.75, 3.05) is 26.2 Å². The largest absolute Gasteiger partial charge is 0.392 e. The van der Waals surface area contributed by atoms with Crippen molar-refractivity contribution in [3.8, 4) is 0 Å². The minimum absolute atomic E-state index is 0.195. The number of fused-ring (bicyclic) bond motifs is 2. The highest BCUT2D eigenvalue weighted by molar-refractivity contribution is 5.79. The molecule has 132 valence electrons. The van der Waals surface area contributed by atoms with E-state index in [2.05, 4.69) is 16.7 Å². The van der Waals surface area contributed by atoms with Crippen molar-refractivity contribution in [2.45, 2.75) is 64.1 Å². The molecule has 1 saturated heterocycles. The van der Waals surface area contributed by atoms with Gasteiger partial charge in [0.1, 0.15) is 0 Å². The van der Waals surface area contributed by atoms with Crippen molar-refractivity contribution in [2.24, 2.45) is 23.5 Å². The van der Waals surface area contributed by atoms with Crippen LogP contribution in [0.4, 0.5) is 0 Å². The van der Waals surface area contributed by atoms with E-state index < -0.39 is 0 Å². The molecular formula is C18H33N3O2. The van der Waals surface area contributed by atoms with Crippen molar-refractivity contribution in [3.05, 3.63) is 0 Å². The molecule has 3 N–H and O–H groups in total. The third kappa shape index (κ3) is 3.72. The lowest BCUT2D eigenvalue weighted by atomic mass is 9.65. The molecule has 5 nitrogen and oxygen atoms in total. The first-order valence-corrected chi connectivity index (χ1v) is 9.42. The Kier molecular flexibility index (Phi) is 5.29. The zero-order chi connectivity index (χ0) is 16.6. The van der Waals surface area contributed by atoms with Gasteiger partial charge in [0, 0.05) is 44.2 Å². The normalized spacial score (nSPS) is 40.0. The monoisotopic (exact) mass is 323 g/mol. The average Bonchev–Trinajstić information content (AvgIpc) is 2.48. The van der Waals surface area contributed by atoms with Crippen molar-refractivity contribution in [1.82, 2.24) is 9.80 Å². The molecule has 0 aromatic heterocycles. The fraction of sp³-hybridized carbons (Fsp3) is 0.944. The van der Waals surface area contributed by atoms with Gasteiger partial charge >= 0.3 is 0 Å². The van der Waals surface area contributed by atoms with Crippen LogP contribution in [0.1, 0.15) is 46.0 Å². The van der Waals surface area contributed by atoms with E-state index in [1.807, 2.05) is 6.92 Å². The van der Waals surface area contributed by atoms with E-state index in [4.69, 9.17) is 5.73 Å². The topological polar surface area (TPSA) is 69.8 Å². The van der Waals surface area contributed by atoms with Crippen LogP contribution in [0.2, 0.25) is 0 Å². The first kappa shape index (κ1) is 17.2. The van der Waals surface area contributed by atoms with Crippen LogP contribution < -0.4 is 5.73 Å². The summed E-state index contributed by atoms with van der Waals surface area (Å²) < 4.78 is 0. The molecule has 3 aliphatic rings. The standard InChI is InChI=1S/C18H33N3O2/c1-12-10-21(7-6-20(12)11-13(2)22)18(23)16-8-14-4-3-5-15(9-16)17(14)19/h12-17,22H,3-11,19H2,1-2H3. The Labute approximate surface area is 140 Å². The van der Waals surface area contributed by atoms with Crippen molar-refractivity contribution >= 4 is 5.91 Å². The summed E-state index contributed by atoms with van der Waals surface area (Å²) in [5, 5.41) is 9.58. The van der Waals surface area contributed by atoms with Crippen LogP contribution in [0, 0.1) is 17.8 Å². The second-order valence-corrected chi connectivity index (χ2v) is 8.17. The molecular weight excluding hydrogens is 290 g/mol. The van der Waals surface area contributed by atoms with Gasteiger partial charge in [-0.3, -0.25) is 9.69 Å². The minimum atomic E-state index is -0.307. The Bertz CT molecular complexity index is 414. The summed E-state index contributed by atoms with van der Waals surface area (Å²) in [6.07, 6.45) is 5.40. The highest BCUT2D eigenvalue weighted by Crippen LogP contribution is 2.42. The van der Waals surface area contributed by atoms with E-state index in [0.717, 1.165) is 32.5 Å². The molecule has 3 rings (SSSR count). The number of β-amino-alcohol motifs (C(OH)–C–C–N with tert-alkyl or cyclic N) is 1. The van der Waals surface area contributed by atoms with Crippen LogP contribution in [0.3, 0.4) is 0 Å². The maximum atomic E-state index is 13.0. The summed E-state index contributed by atoms with van der Waals surface area (Å²) in [5.74, 6) is 1.67. The highest BCUT2D eigenvalue weighted by atomic mass is 16.3. The number of piperazine rings is 1. The molecule has 4 atom stereocenters. The van der Waals surface area contributed by atoms with Gasteiger partial charge in [0.05, 0.1) is 6.10 Å². The van der Waals surface area contributed by atoms with Gasteiger partial charge in [0.15, 0.2) is 0 Å². The predicted octanol–water partition coefficient (Wildman–Crippen LogP) is 1.05. The van der Waals surface area contributed by atoms with Crippen LogP contribution in [0.15, 0.2) is 0 Å². The molecule has 5 heteroatoms. The average molecular weight is 323 g/mol. The zero-order valence-corrected chi connectivity index (χ0v) is 14.7. The van der Waals surface area contributed by atoms with E-state index >= 15 is 0 Å². The van der Waals surface area contributed by atoms with Crippen LogP contribution in [-0.2, 0) is 4.79 Å². The van der Waals surface area contributed by atoms with E-state index in [9.17, 15) is 9.90 Å². The smallest absolute Gasteiger partial charge is 0.225 e. The van der Waals surface area contributed by atoms with E-state index in [1.165, 1.54) is 19.3 Å². The fourth-order valence-electron chi connectivity index (χ4n) is 5.05. The fourth-order valence-corrected chi connectivity index (χ4v) is 5.05. The molecule has 1 amide bonds. The number of amides is 1. The minimum Gasteiger partial charge on any atom is -0.392 e. The molecule has 0 aromatic carbocycles. The second-order valence-electron chi connectivity index (χ2n) is 8.17. The van der Waals surface area contributed by atoms with Gasteiger partial charge in [0.25, 0.3) is 0 Å². The molecule has 2 aliphatic carbocycles. The molecule has 0 radical (unpaired) electrons. The van der Waals surface area contributed by atoms with Crippen molar-refractivity contribution in [1.29, 1.82) is 0 Å². The molecule has 23 heavy (non-hydrogen) atoms. The molecule has 0 aromatic rings. The van der Waals surface area contributed by atoms with Crippen LogP contribution in [0.25, 0.3) is 0 Å². The summed E-state index contributed by atoms with van der Waals surface area (Å²) >= 11 is 0. The molecule has 2 saturated carbocycles. The molecule has 1 heterocycles. The van der Waals surface area contributed by atoms with E-state index in [0.29, 0.717) is 36.4 Å². The van der Waals surface area contributed by atoms with Gasteiger partial charge in [-0.15, -0.1) is 0 Å².